The van der Waals surface area contributed by atoms with Crippen LogP contribution in [0, 0.1) is 5.92 Å². The van der Waals surface area contributed by atoms with Crippen LogP contribution in [0.1, 0.15) is 65.6 Å². The third-order valence-electron chi connectivity index (χ3n) is 4.52. The lowest BCUT2D eigenvalue weighted by molar-refractivity contribution is -0.172. The van der Waals surface area contributed by atoms with Crippen LogP contribution in [0.5, 0.6) is 0 Å². The molecule has 0 radical (unpaired) electrons. The minimum Gasteiger partial charge on any atom is -0.479 e. The quantitative estimate of drug-likeness (QED) is 0.772. The van der Waals surface area contributed by atoms with Crippen molar-refractivity contribution in [2.45, 2.75) is 75.9 Å². The molecule has 2 atom stereocenters. The van der Waals surface area contributed by atoms with Crippen molar-refractivity contribution in [2.24, 2.45) is 5.92 Å². The summed E-state index contributed by atoms with van der Waals surface area (Å²) in [7, 11) is 0. The second-order valence-corrected chi connectivity index (χ2v) is 5.94. The molecular weight excluding hydrogens is 244 g/mol. The van der Waals surface area contributed by atoms with E-state index in [2.05, 4.69) is 0 Å². The molecule has 0 aromatic carbocycles. The number of ether oxygens (including phenoxy) is 1. The summed E-state index contributed by atoms with van der Waals surface area (Å²) in [6, 6.07) is 0. The van der Waals surface area contributed by atoms with Crippen molar-refractivity contribution in [1.29, 1.82) is 0 Å². The van der Waals surface area contributed by atoms with Gasteiger partial charge >= 0.3 is 5.97 Å². The van der Waals surface area contributed by atoms with Crippen molar-refractivity contribution in [1.82, 2.24) is 0 Å². The monoisotopic (exact) mass is 271 g/mol. The lowest BCUT2D eigenvalue weighted by Crippen LogP contribution is -2.49. The highest BCUT2D eigenvalue weighted by atomic mass is 16.5. The van der Waals surface area contributed by atoms with Crippen LogP contribution in [0.3, 0.4) is 0 Å². The van der Waals surface area contributed by atoms with Gasteiger partial charge in [-0.05, 0) is 38.0 Å². The summed E-state index contributed by atoms with van der Waals surface area (Å²) in [5.41, 5.74) is -1.82. The molecule has 2 aliphatic rings. The first kappa shape index (κ1) is 13.4. The van der Waals surface area contributed by atoms with Crippen LogP contribution < -0.4 is 0 Å². The van der Waals surface area contributed by atoms with Gasteiger partial charge in [-0.1, -0.05) is 25.7 Å². The van der Waals surface area contributed by atoms with Gasteiger partial charge < -0.3 is 14.9 Å². The van der Waals surface area contributed by atoms with E-state index in [4.69, 9.17) is 6.11 Å². The Bertz CT molecular complexity index is 333. The maximum Gasteiger partial charge on any atom is 0.336 e. The predicted octanol–water partition coefficient (Wildman–Crippen LogP) is 2.73. The van der Waals surface area contributed by atoms with Crippen molar-refractivity contribution in [3.8, 4) is 0 Å². The Kier molecular flexibility index (Phi) is 4.72. The molecule has 1 saturated heterocycles. The SMILES string of the molecule is [2H]C1(CC(O)(C(=O)O)C2CCCCCC2)CCCCO1. The zero-order valence-electron chi connectivity index (χ0n) is 12.6. The Morgan fingerprint density at radius 1 is 1.16 bits per heavy atom. The van der Waals surface area contributed by atoms with E-state index in [0.717, 1.165) is 51.4 Å². The molecule has 4 nitrogen and oxygen atoms in total. The normalized spacial score (nSPS) is 34.1. The van der Waals surface area contributed by atoms with Crippen LogP contribution in [-0.2, 0) is 9.53 Å². The van der Waals surface area contributed by atoms with Crippen molar-refractivity contribution >= 4 is 5.97 Å². The Balaban J connectivity index is 2.13. The van der Waals surface area contributed by atoms with Crippen LogP contribution in [0.4, 0.5) is 0 Å². The van der Waals surface area contributed by atoms with Crippen molar-refractivity contribution in [3.05, 3.63) is 0 Å². The summed E-state index contributed by atoms with van der Waals surface area (Å²) < 4.78 is 13.8. The fourth-order valence-corrected chi connectivity index (χ4v) is 3.30. The summed E-state index contributed by atoms with van der Waals surface area (Å²) in [6.45, 7) is 0.490. The van der Waals surface area contributed by atoms with Crippen molar-refractivity contribution in [2.75, 3.05) is 6.61 Å². The molecule has 2 fully saturated rings. The smallest absolute Gasteiger partial charge is 0.336 e. The van der Waals surface area contributed by atoms with Gasteiger partial charge in [-0.3, -0.25) is 0 Å². The van der Waals surface area contributed by atoms with Gasteiger partial charge in [0.15, 0.2) is 5.60 Å². The summed E-state index contributed by atoms with van der Waals surface area (Å²) >= 11 is 0. The van der Waals surface area contributed by atoms with Gasteiger partial charge in [-0.25, -0.2) is 4.79 Å². The lowest BCUT2D eigenvalue weighted by Gasteiger charge is -2.36. The standard InChI is InChI=1S/C15H26O4/c16-14(17)15(18,11-13-9-5-6-10-19-13)12-7-3-1-2-4-8-12/h12-13,18H,1-11H2,(H,16,17)/i13D. The molecule has 2 rings (SSSR count). The van der Waals surface area contributed by atoms with E-state index in [-0.39, 0.29) is 12.3 Å². The molecule has 19 heavy (non-hydrogen) atoms. The largest absolute Gasteiger partial charge is 0.479 e. The molecule has 4 heteroatoms. The van der Waals surface area contributed by atoms with Gasteiger partial charge in [0.2, 0.25) is 0 Å². The molecule has 110 valence electrons. The highest BCUT2D eigenvalue weighted by Gasteiger charge is 2.45. The van der Waals surface area contributed by atoms with Gasteiger partial charge in [0.25, 0.3) is 0 Å². The molecular formula is C15H26O4. The summed E-state index contributed by atoms with van der Waals surface area (Å²) in [5.74, 6) is -1.44. The molecule has 0 spiro atoms. The topological polar surface area (TPSA) is 66.8 Å². The molecule has 0 bridgehead atoms. The molecule has 2 N–H and O–H groups in total. The zero-order valence-corrected chi connectivity index (χ0v) is 11.6. The Labute approximate surface area is 116 Å². The molecule has 0 aromatic rings. The maximum atomic E-state index is 11.7. The second-order valence-electron chi connectivity index (χ2n) is 5.94. The third-order valence-corrected chi connectivity index (χ3v) is 4.52. The van der Waals surface area contributed by atoms with Crippen LogP contribution >= 0.6 is 0 Å². The number of carboxylic acids is 1. The number of aliphatic hydroxyl groups is 1. The lowest BCUT2D eigenvalue weighted by atomic mass is 9.77. The van der Waals surface area contributed by atoms with E-state index < -0.39 is 17.7 Å². The van der Waals surface area contributed by atoms with E-state index in [9.17, 15) is 15.0 Å². The number of hydrogen-bond donors (Lipinski definition) is 2. The van der Waals surface area contributed by atoms with Crippen LogP contribution in [0.25, 0.3) is 0 Å². The number of rotatable bonds is 4. The Morgan fingerprint density at radius 2 is 1.79 bits per heavy atom. The number of carboxylic acid groups (broad SMARTS) is 1. The van der Waals surface area contributed by atoms with Crippen LogP contribution in [-0.4, -0.2) is 34.5 Å². The van der Waals surface area contributed by atoms with Gasteiger partial charge in [0, 0.05) is 13.0 Å². The number of carbonyl (C=O) groups is 1. The number of aliphatic carboxylic acids is 1. The average Bonchev–Trinajstić information content (AvgIpc) is 2.68. The Hall–Kier alpha value is -0.610. The summed E-state index contributed by atoms with van der Waals surface area (Å²) in [5, 5.41) is 20.3. The van der Waals surface area contributed by atoms with Gasteiger partial charge in [0.05, 0.1) is 7.45 Å². The van der Waals surface area contributed by atoms with E-state index >= 15 is 0 Å². The molecule has 0 amide bonds. The fourth-order valence-electron chi connectivity index (χ4n) is 3.30. The van der Waals surface area contributed by atoms with Gasteiger partial charge in [-0.2, -0.15) is 0 Å². The summed E-state index contributed by atoms with van der Waals surface area (Å²) in [6.07, 6.45) is 6.55. The fraction of sp³-hybridized carbons (Fsp3) is 0.933. The third kappa shape index (κ3) is 3.69. The maximum absolute atomic E-state index is 11.7. The zero-order chi connectivity index (χ0) is 14.6. The second kappa shape index (κ2) is 6.71. The first-order valence-corrected chi connectivity index (χ1v) is 7.56. The van der Waals surface area contributed by atoms with E-state index in [0.29, 0.717) is 13.0 Å². The molecule has 2 unspecified atom stereocenters. The average molecular weight is 271 g/mol. The first-order chi connectivity index (χ1) is 9.46. The van der Waals surface area contributed by atoms with Crippen LogP contribution in [0.15, 0.2) is 0 Å². The van der Waals surface area contributed by atoms with Crippen molar-refractivity contribution < 1.29 is 21.1 Å². The van der Waals surface area contributed by atoms with E-state index in [1.165, 1.54) is 0 Å². The Morgan fingerprint density at radius 3 is 2.32 bits per heavy atom. The predicted molar refractivity (Wildman–Crippen MR) is 72.0 cm³/mol. The highest BCUT2D eigenvalue weighted by Crippen LogP contribution is 2.36. The minimum absolute atomic E-state index is 0.111. The van der Waals surface area contributed by atoms with Gasteiger partial charge in [-0.15, -0.1) is 0 Å². The number of hydrogen-bond acceptors (Lipinski definition) is 3. The van der Waals surface area contributed by atoms with Crippen molar-refractivity contribution in [3.63, 3.8) is 0 Å². The molecule has 1 saturated carbocycles. The minimum atomic E-state index is -1.82. The van der Waals surface area contributed by atoms with E-state index in [1.807, 2.05) is 0 Å². The molecule has 1 aliphatic carbocycles. The van der Waals surface area contributed by atoms with Gasteiger partial charge in [0.1, 0.15) is 0 Å². The molecule has 1 heterocycles. The highest BCUT2D eigenvalue weighted by molar-refractivity contribution is 5.77. The molecule has 1 aliphatic heterocycles. The molecule has 0 aromatic heterocycles. The first-order valence-electron chi connectivity index (χ1n) is 8.06. The van der Waals surface area contributed by atoms with E-state index in [1.54, 1.807) is 0 Å². The van der Waals surface area contributed by atoms with Crippen LogP contribution in [0.2, 0.25) is 0 Å². The summed E-state index contributed by atoms with van der Waals surface area (Å²) in [4.78, 5) is 11.7.